The molecule has 0 aromatic heterocycles. The monoisotopic (exact) mass is 349 g/mol. The molecule has 0 aliphatic carbocycles. The van der Waals surface area contributed by atoms with E-state index in [0.29, 0.717) is 5.56 Å². The van der Waals surface area contributed by atoms with E-state index in [-0.39, 0.29) is 11.7 Å². The second-order valence-electron chi connectivity index (χ2n) is 4.77. The van der Waals surface area contributed by atoms with Crippen LogP contribution in [0.15, 0.2) is 40.9 Å². The maximum atomic E-state index is 12.9. The van der Waals surface area contributed by atoms with Crippen molar-refractivity contribution in [1.82, 2.24) is 0 Å². The van der Waals surface area contributed by atoms with E-state index in [9.17, 15) is 9.18 Å². The third kappa shape index (κ3) is 3.70. The van der Waals surface area contributed by atoms with Crippen LogP contribution in [-0.4, -0.2) is 5.91 Å². The Morgan fingerprint density at radius 2 is 1.62 bits per heavy atom. The Labute approximate surface area is 132 Å². The second-order valence-corrected chi connectivity index (χ2v) is 5.68. The van der Waals surface area contributed by atoms with Crippen LogP contribution in [0.2, 0.25) is 0 Å². The van der Waals surface area contributed by atoms with Crippen LogP contribution < -0.4 is 5.32 Å². The molecule has 0 unspecified atom stereocenters. The van der Waals surface area contributed by atoms with Crippen molar-refractivity contribution in [2.75, 3.05) is 5.32 Å². The van der Waals surface area contributed by atoms with Crippen LogP contribution in [0.1, 0.15) is 35.3 Å². The fourth-order valence-corrected chi connectivity index (χ4v) is 2.78. The van der Waals surface area contributed by atoms with Crippen molar-refractivity contribution in [3.63, 3.8) is 0 Å². The minimum absolute atomic E-state index is 0.221. The first-order valence-corrected chi connectivity index (χ1v) is 7.72. The van der Waals surface area contributed by atoms with Gasteiger partial charge in [0.2, 0.25) is 0 Å². The van der Waals surface area contributed by atoms with Gasteiger partial charge in [-0.3, -0.25) is 4.79 Å². The van der Waals surface area contributed by atoms with Gasteiger partial charge in [0, 0.05) is 15.7 Å². The van der Waals surface area contributed by atoms with Crippen LogP contribution in [-0.2, 0) is 12.8 Å². The van der Waals surface area contributed by atoms with Gasteiger partial charge in [-0.1, -0.05) is 29.8 Å². The Balaban J connectivity index is 2.34. The number of benzene rings is 2. The van der Waals surface area contributed by atoms with Crippen molar-refractivity contribution < 1.29 is 9.18 Å². The Morgan fingerprint density at radius 3 is 2.10 bits per heavy atom. The van der Waals surface area contributed by atoms with Crippen LogP contribution in [0.3, 0.4) is 0 Å². The lowest BCUT2D eigenvalue weighted by Gasteiger charge is -2.15. The first-order chi connectivity index (χ1) is 10.0. The zero-order chi connectivity index (χ0) is 15.4. The molecule has 0 atom stereocenters. The van der Waals surface area contributed by atoms with E-state index >= 15 is 0 Å². The maximum absolute atomic E-state index is 12.9. The number of rotatable bonds is 4. The smallest absolute Gasteiger partial charge is 0.255 e. The molecule has 1 amide bonds. The van der Waals surface area contributed by atoms with E-state index in [1.807, 2.05) is 12.1 Å². The summed E-state index contributed by atoms with van der Waals surface area (Å²) in [4.78, 5) is 12.3. The Kier molecular flexibility index (Phi) is 5.12. The Morgan fingerprint density at radius 1 is 1.10 bits per heavy atom. The molecule has 2 aromatic carbocycles. The van der Waals surface area contributed by atoms with E-state index < -0.39 is 0 Å². The molecule has 1 N–H and O–H groups in total. The lowest BCUT2D eigenvalue weighted by atomic mass is 10.0. The van der Waals surface area contributed by atoms with Crippen molar-refractivity contribution in [2.45, 2.75) is 26.7 Å². The molecule has 0 aliphatic rings. The summed E-state index contributed by atoms with van der Waals surface area (Å²) in [5.41, 5.74) is 3.47. The first-order valence-electron chi connectivity index (χ1n) is 6.93. The molecule has 0 radical (unpaired) electrons. The highest BCUT2D eigenvalue weighted by molar-refractivity contribution is 9.10. The summed E-state index contributed by atoms with van der Waals surface area (Å²) in [5, 5.41) is 2.96. The molecule has 2 nitrogen and oxygen atoms in total. The van der Waals surface area contributed by atoms with Crippen LogP contribution in [0.5, 0.6) is 0 Å². The molecule has 2 rings (SSSR count). The standard InChI is InChI=1S/C17H17BrFNO/c1-3-11-9-14(18)10-12(4-2)16(11)20-17(21)13-5-7-15(19)8-6-13/h5-10H,3-4H2,1-2H3,(H,20,21). The quantitative estimate of drug-likeness (QED) is 0.829. The van der Waals surface area contributed by atoms with Crippen molar-refractivity contribution >= 4 is 27.5 Å². The number of carbonyl (C=O) groups is 1. The number of hydrogen-bond donors (Lipinski definition) is 1. The van der Waals surface area contributed by atoms with Crippen molar-refractivity contribution in [3.05, 3.63) is 63.4 Å². The molecule has 0 bridgehead atoms. The van der Waals surface area contributed by atoms with Gasteiger partial charge in [0.25, 0.3) is 5.91 Å². The predicted molar refractivity (Wildman–Crippen MR) is 87.3 cm³/mol. The normalized spacial score (nSPS) is 10.5. The number of nitrogens with one attached hydrogen (secondary N) is 1. The van der Waals surface area contributed by atoms with Gasteiger partial charge in [0.1, 0.15) is 5.82 Å². The number of halogens is 2. The number of hydrogen-bond acceptors (Lipinski definition) is 1. The third-order valence-electron chi connectivity index (χ3n) is 3.37. The fraction of sp³-hybridized carbons (Fsp3) is 0.235. The summed E-state index contributed by atoms with van der Waals surface area (Å²) in [5.74, 6) is -0.569. The van der Waals surface area contributed by atoms with Gasteiger partial charge in [-0.05, 0) is 60.4 Å². The van der Waals surface area contributed by atoms with E-state index in [4.69, 9.17) is 0 Å². The third-order valence-corrected chi connectivity index (χ3v) is 3.83. The van der Waals surface area contributed by atoms with Gasteiger partial charge in [0.15, 0.2) is 0 Å². The summed E-state index contributed by atoms with van der Waals surface area (Å²) in [7, 11) is 0. The predicted octanol–water partition coefficient (Wildman–Crippen LogP) is 4.97. The van der Waals surface area contributed by atoms with E-state index in [1.54, 1.807) is 0 Å². The molecule has 0 aliphatic heterocycles. The Bertz CT molecular complexity index is 627. The molecule has 4 heteroatoms. The van der Waals surface area contributed by atoms with E-state index in [0.717, 1.165) is 34.1 Å². The molecule has 21 heavy (non-hydrogen) atoms. The van der Waals surface area contributed by atoms with Crippen molar-refractivity contribution in [3.8, 4) is 0 Å². The highest BCUT2D eigenvalue weighted by Gasteiger charge is 2.13. The minimum atomic E-state index is -0.348. The molecular formula is C17H17BrFNO. The molecule has 0 saturated heterocycles. The summed E-state index contributed by atoms with van der Waals surface area (Å²) in [6.45, 7) is 4.10. The van der Waals surface area contributed by atoms with Crippen molar-refractivity contribution in [2.24, 2.45) is 0 Å². The molecular weight excluding hydrogens is 333 g/mol. The van der Waals surface area contributed by atoms with Crippen LogP contribution in [0, 0.1) is 5.82 Å². The van der Waals surface area contributed by atoms with E-state index in [2.05, 4.69) is 35.1 Å². The number of aryl methyl sites for hydroxylation is 2. The fourth-order valence-electron chi connectivity index (χ4n) is 2.23. The molecule has 2 aromatic rings. The van der Waals surface area contributed by atoms with Gasteiger partial charge in [-0.15, -0.1) is 0 Å². The lowest BCUT2D eigenvalue weighted by molar-refractivity contribution is 0.102. The summed E-state index contributed by atoms with van der Waals surface area (Å²) in [6.07, 6.45) is 1.65. The molecule has 0 spiro atoms. The largest absolute Gasteiger partial charge is 0.321 e. The highest BCUT2D eigenvalue weighted by Crippen LogP contribution is 2.28. The van der Waals surface area contributed by atoms with Crippen LogP contribution in [0.25, 0.3) is 0 Å². The summed E-state index contributed by atoms with van der Waals surface area (Å²) >= 11 is 3.49. The maximum Gasteiger partial charge on any atom is 0.255 e. The Hall–Kier alpha value is -1.68. The van der Waals surface area contributed by atoms with E-state index in [1.165, 1.54) is 24.3 Å². The number of carbonyl (C=O) groups excluding carboxylic acids is 1. The molecule has 110 valence electrons. The molecule has 0 fully saturated rings. The van der Waals surface area contributed by atoms with Gasteiger partial charge in [0.05, 0.1) is 0 Å². The average Bonchev–Trinajstić information content (AvgIpc) is 2.48. The highest BCUT2D eigenvalue weighted by atomic mass is 79.9. The van der Waals surface area contributed by atoms with Gasteiger partial charge in [-0.2, -0.15) is 0 Å². The lowest BCUT2D eigenvalue weighted by Crippen LogP contribution is -2.15. The minimum Gasteiger partial charge on any atom is -0.321 e. The number of anilines is 1. The van der Waals surface area contributed by atoms with Crippen LogP contribution >= 0.6 is 15.9 Å². The average molecular weight is 350 g/mol. The van der Waals surface area contributed by atoms with Gasteiger partial charge < -0.3 is 5.32 Å². The molecule has 0 saturated carbocycles. The second kappa shape index (κ2) is 6.85. The summed E-state index contributed by atoms with van der Waals surface area (Å²) < 4.78 is 13.9. The molecule has 0 heterocycles. The summed E-state index contributed by atoms with van der Waals surface area (Å²) in [6, 6.07) is 9.58. The van der Waals surface area contributed by atoms with Crippen molar-refractivity contribution in [1.29, 1.82) is 0 Å². The van der Waals surface area contributed by atoms with Gasteiger partial charge in [-0.25, -0.2) is 4.39 Å². The number of amides is 1. The van der Waals surface area contributed by atoms with Gasteiger partial charge >= 0.3 is 0 Å². The zero-order valence-corrected chi connectivity index (χ0v) is 13.6. The first kappa shape index (κ1) is 15.7. The van der Waals surface area contributed by atoms with Crippen LogP contribution in [0.4, 0.5) is 10.1 Å². The topological polar surface area (TPSA) is 29.1 Å². The zero-order valence-electron chi connectivity index (χ0n) is 12.0. The SMILES string of the molecule is CCc1cc(Br)cc(CC)c1NC(=O)c1ccc(F)cc1.